The zero-order valence-electron chi connectivity index (χ0n) is 15.1. The summed E-state index contributed by atoms with van der Waals surface area (Å²) in [7, 11) is 0. The average molecular weight is 295 g/mol. The van der Waals surface area contributed by atoms with E-state index in [-0.39, 0.29) is 5.54 Å². The lowest BCUT2D eigenvalue weighted by Crippen LogP contribution is -2.64. The van der Waals surface area contributed by atoms with E-state index in [1.807, 2.05) is 0 Å². The minimum Gasteiger partial charge on any atom is -0.329 e. The summed E-state index contributed by atoms with van der Waals surface area (Å²) < 4.78 is 0. The molecule has 2 N–H and O–H groups in total. The predicted octanol–water partition coefficient (Wildman–Crippen LogP) is 4.43. The van der Waals surface area contributed by atoms with Crippen LogP contribution in [0.3, 0.4) is 0 Å². The van der Waals surface area contributed by atoms with E-state index in [9.17, 15) is 0 Å². The fraction of sp³-hybridized carbons (Fsp3) is 1.00. The molecule has 2 fully saturated rings. The highest BCUT2D eigenvalue weighted by atomic mass is 15.2. The van der Waals surface area contributed by atoms with Gasteiger partial charge in [-0.05, 0) is 49.4 Å². The van der Waals surface area contributed by atoms with Crippen molar-refractivity contribution in [2.75, 3.05) is 13.1 Å². The Bertz CT molecular complexity index is 330. The normalized spacial score (nSPS) is 34.0. The molecule has 0 bridgehead atoms. The minimum atomic E-state index is 0.259. The molecule has 2 heteroatoms. The van der Waals surface area contributed by atoms with Gasteiger partial charge in [-0.2, -0.15) is 0 Å². The maximum absolute atomic E-state index is 6.42. The Kier molecular flexibility index (Phi) is 5.41. The average Bonchev–Trinajstić information content (AvgIpc) is 2.90. The lowest BCUT2D eigenvalue weighted by atomic mass is 9.62. The van der Waals surface area contributed by atoms with Gasteiger partial charge < -0.3 is 5.73 Å². The van der Waals surface area contributed by atoms with Crippen molar-refractivity contribution in [3.8, 4) is 0 Å². The third-order valence-corrected chi connectivity index (χ3v) is 6.26. The number of hydrogen-bond donors (Lipinski definition) is 1. The van der Waals surface area contributed by atoms with Crippen LogP contribution in [0.15, 0.2) is 0 Å². The Morgan fingerprint density at radius 2 is 1.76 bits per heavy atom. The molecule has 124 valence electrons. The Hall–Kier alpha value is -0.0800. The van der Waals surface area contributed by atoms with Crippen molar-refractivity contribution in [3.05, 3.63) is 0 Å². The zero-order chi connectivity index (χ0) is 15.7. The van der Waals surface area contributed by atoms with E-state index in [0.717, 1.165) is 18.5 Å². The Labute approximate surface area is 132 Å². The van der Waals surface area contributed by atoms with Gasteiger partial charge in [0.15, 0.2) is 0 Å². The van der Waals surface area contributed by atoms with Crippen LogP contribution >= 0.6 is 0 Å². The molecular weight excluding hydrogens is 256 g/mol. The SMILES string of the molecule is CC(C)CN(C1CCCC1)C1(CN)CCC(C)(C)CC1C. The van der Waals surface area contributed by atoms with E-state index in [1.54, 1.807) is 0 Å². The molecule has 0 spiro atoms. The van der Waals surface area contributed by atoms with Gasteiger partial charge in [0.25, 0.3) is 0 Å². The summed E-state index contributed by atoms with van der Waals surface area (Å²) in [6.45, 7) is 14.1. The van der Waals surface area contributed by atoms with Crippen LogP contribution in [0, 0.1) is 17.3 Å². The van der Waals surface area contributed by atoms with Gasteiger partial charge in [-0.25, -0.2) is 0 Å². The highest BCUT2D eigenvalue weighted by molar-refractivity contribution is 5.04. The highest BCUT2D eigenvalue weighted by Crippen LogP contribution is 2.48. The molecule has 2 rings (SSSR count). The van der Waals surface area contributed by atoms with Crippen LogP contribution in [0.25, 0.3) is 0 Å². The van der Waals surface area contributed by atoms with Gasteiger partial charge in [0.2, 0.25) is 0 Å². The summed E-state index contributed by atoms with van der Waals surface area (Å²) in [4.78, 5) is 2.88. The van der Waals surface area contributed by atoms with E-state index in [4.69, 9.17) is 5.73 Å². The summed E-state index contributed by atoms with van der Waals surface area (Å²) in [5.41, 5.74) is 7.18. The third kappa shape index (κ3) is 3.64. The molecule has 0 amide bonds. The molecular formula is C19H38N2. The standard InChI is InChI=1S/C19H38N2/c1-15(2)13-21(17-8-6-7-9-17)19(14-20)11-10-18(4,5)12-16(19)3/h15-17H,6-14,20H2,1-5H3. The molecule has 0 saturated heterocycles. The molecule has 2 atom stereocenters. The molecule has 0 aromatic rings. The summed E-state index contributed by atoms with van der Waals surface area (Å²) >= 11 is 0. The molecule has 2 saturated carbocycles. The monoisotopic (exact) mass is 294 g/mol. The van der Waals surface area contributed by atoms with Crippen LogP contribution in [0.1, 0.15) is 79.6 Å². The summed E-state index contributed by atoms with van der Waals surface area (Å²) in [6.07, 6.45) is 9.57. The summed E-state index contributed by atoms with van der Waals surface area (Å²) in [5, 5.41) is 0. The first-order chi connectivity index (χ1) is 9.81. The van der Waals surface area contributed by atoms with Crippen molar-refractivity contribution in [2.45, 2.75) is 91.1 Å². The van der Waals surface area contributed by atoms with E-state index < -0.39 is 0 Å². The maximum atomic E-state index is 6.42. The van der Waals surface area contributed by atoms with E-state index in [1.165, 1.54) is 51.5 Å². The Balaban J connectivity index is 2.25. The van der Waals surface area contributed by atoms with Crippen LogP contribution in [0.5, 0.6) is 0 Å². The van der Waals surface area contributed by atoms with E-state index in [0.29, 0.717) is 11.3 Å². The second kappa shape index (κ2) is 6.58. The van der Waals surface area contributed by atoms with Crippen LogP contribution in [0.4, 0.5) is 0 Å². The third-order valence-electron chi connectivity index (χ3n) is 6.26. The fourth-order valence-electron chi connectivity index (χ4n) is 5.07. The first kappa shape index (κ1) is 17.3. The highest BCUT2D eigenvalue weighted by Gasteiger charge is 2.48. The van der Waals surface area contributed by atoms with Gasteiger partial charge in [-0.1, -0.05) is 47.5 Å². The molecule has 2 nitrogen and oxygen atoms in total. The van der Waals surface area contributed by atoms with E-state index in [2.05, 4.69) is 39.5 Å². The van der Waals surface area contributed by atoms with Crippen molar-refractivity contribution in [1.82, 2.24) is 4.90 Å². The molecule has 2 aliphatic rings. The molecule has 2 aliphatic carbocycles. The van der Waals surface area contributed by atoms with Gasteiger partial charge >= 0.3 is 0 Å². The Morgan fingerprint density at radius 1 is 1.14 bits per heavy atom. The zero-order valence-corrected chi connectivity index (χ0v) is 15.1. The van der Waals surface area contributed by atoms with Crippen molar-refractivity contribution in [1.29, 1.82) is 0 Å². The number of hydrogen-bond acceptors (Lipinski definition) is 2. The van der Waals surface area contributed by atoms with Crippen molar-refractivity contribution in [2.24, 2.45) is 23.0 Å². The number of rotatable bonds is 5. The van der Waals surface area contributed by atoms with Crippen LogP contribution in [-0.4, -0.2) is 29.6 Å². The molecule has 0 heterocycles. The maximum Gasteiger partial charge on any atom is 0.0360 e. The molecule has 0 radical (unpaired) electrons. The fourth-order valence-corrected chi connectivity index (χ4v) is 5.07. The lowest BCUT2D eigenvalue weighted by Gasteiger charge is -2.56. The molecule has 0 aliphatic heterocycles. The van der Waals surface area contributed by atoms with Gasteiger partial charge in [0.05, 0.1) is 0 Å². The van der Waals surface area contributed by atoms with Crippen LogP contribution in [-0.2, 0) is 0 Å². The predicted molar refractivity (Wildman–Crippen MR) is 92.4 cm³/mol. The topological polar surface area (TPSA) is 29.3 Å². The Morgan fingerprint density at radius 3 is 2.24 bits per heavy atom. The largest absolute Gasteiger partial charge is 0.329 e. The number of nitrogens with two attached hydrogens (primary N) is 1. The van der Waals surface area contributed by atoms with Crippen molar-refractivity contribution < 1.29 is 0 Å². The second-order valence-corrected chi connectivity index (χ2v) is 9.06. The van der Waals surface area contributed by atoms with Gasteiger partial charge in [-0.3, -0.25) is 4.90 Å². The van der Waals surface area contributed by atoms with Gasteiger partial charge in [0, 0.05) is 24.7 Å². The summed E-state index contributed by atoms with van der Waals surface area (Å²) in [6, 6.07) is 0.791. The molecule has 2 unspecified atom stereocenters. The van der Waals surface area contributed by atoms with Crippen LogP contribution in [0.2, 0.25) is 0 Å². The summed E-state index contributed by atoms with van der Waals surface area (Å²) in [5.74, 6) is 1.45. The van der Waals surface area contributed by atoms with Gasteiger partial charge in [-0.15, -0.1) is 0 Å². The molecule has 0 aromatic heterocycles. The smallest absolute Gasteiger partial charge is 0.0360 e. The van der Waals surface area contributed by atoms with E-state index >= 15 is 0 Å². The first-order valence-electron chi connectivity index (χ1n) is 9.27. The van der Waals surface area contributed by atoms with Gasteiger partial charge in [0.1, 0.15) is 0 Å². The lowest BCUT2D eigenvalue weighted by molar-refractivity contribution is -0.0513. The quantitative estimate of drug-likeness (QED) is 0.812. The molecule has 21 heavy (non-hydrogen) atoms. The van der Waals surface area contributed by atoms with Crippen LogP contribution < -0.4 is 5.73 Å². The van der Waals surface area contributed by atoms with Crippen molar-refractivity contribution in [3.63, 3.8) is 0 Å². The molecule has 0 aromatic carbocycles. The number of nitrogens with zero attached hydrogens (tertiary/aromatic N) is 1. The second-order valence-electron chi connectivity index (χ2n) is 9.06. The van der Waals surface area contributed by atoms with Crippen molar-refractivity contribution >= 4 is 0 Å². The minimum absolute atomic E-state index is 0.259. The first-order valence-corrected chi connectivity index (χ1v) is 9.27.